The summed E-state index contributed by atoms with van der Waals surface area (Å²) in [6, 6.07) is 13.7. The summed E-state index contributed by atoms with van der Waals surface area (Å²) < 4.78 is 37.7. The van der Waals surface area contributed by atoms with Gasteiger partial charge in [0.2, 0.25) is 10.0 Å². The van der Waals surface area contributed by atoms with Gasteiger partial charge in [-0.3, -0.25) is 10.1 Å². The highest BCUT2D eigenvalue weighted by atomic mass is 32.2. The minimum atomic E-state index is -3.57. The Morgan fingerprint density at radius 2 is 1.85 bits per heavy atom. The number of carbonyl (C=O) groups is 2. The van der Waals surface area contributed by atoms with E-state index in [2.05, 4.69) is 10.3 Å². The number of hydrogen-bond acceptors (Lipinski definition) is 8. The van der Waals surface area contributed by atoms with Crippen LogP contribution in [0.4, 0.5) is 5.13 Å². The summed E-state index contributed by atoms with van der Waals surface area (Å²) in [6.45, 7) is 0.947. The summed E-state index contributed by atoms with van der Waals surface area (Å²) in [5.74, 6) is -1.19. The van der Waals surface area contributed by atoms with Crippen LogP contribution in [0.2, 0.25) is 0 Å². The van der Waals surface area contributed by atoms with Crippen LogP contribution >= 0.6 is 11.3 Å². The lowest BCUT2D eigenvalue weighted by Gasteiger charge is -2.26. The Bertz CT molecular complexity index is 1250. The Balaban J connectivity index is 1.27. The zero-order chi connectivity index (χ0) is 23.3. The Morgan fingerprint density at radius 1 is 1.12 bits per heavy atom. The lowest BCUT2D eigenvalue weighted by Crippen LogP contribution is -2.40. The van der Waals surface area contributed by atoms with Crippen molar-refractivity contribution in [3.8, 4) is 0 Å². The van der Waals surface area contributed by atoms with Gasteiger partial charge in [0.1, 0.15) is 0 Å². The van der Waals surface area contributed by atoms with Gasteiger partial charge in [0.05, 0.1) is 28.3 Å². The topological polar surface area (TPSA) is 115 Å². The molecule has 0 unspecified atom stereocenters. The van der Waals surface area contributed by atoms with E-state index in [0.717, 1.165) is 10.2 Å². The van der Waals surface area contributed by atoms with Crippen molar-refractivity contribution < 1.29 is 27.5 Å². The predicted molar refractivity (Wildman–Crippen MR) is 124 cm³/mol. The fourth-order valence-electron chi connectivity index (χ4n) is 3.12. The van der Waals surface area contributed by atoms with Gasteiger partial charge in [0, 0.05) is 19.2 Å². The molecule has 0 spiro atoms. The molecule has 4 rings (SSSR count). The smallest absolute Gasteiger partial charge is 0.331 e. The number of carbonyl (C=O) groups excluding carboxylic acids is 2. The lowest BCUT2D eigenvalue weighted by atomic mass is 10.2. The van der Waals surface area contributed by atoms with Gasteiger partial charge in [0.25, 0.3) is 5.91 Å². The van der Waals surface area contributed by atoms with E-state index in [4.69, 9.17) is 9.47 Å². The summed E-state index contributed by atoms with van der Waals surface area (Å²) in [7, 11) is -3.57. The number of hydrogen-bond donors (Lipinski definition) is 1. The molecule has 1 amide bonds. The number of esters is 1. The number of benzene rings is 2. The molecular formula is C22H21N3O6S2. The Labute approximate surface area is 194 Å². The molecule has 0 saturated carbocycles. The van der Waals surface area contributed by atoms with Crippen molar-refractivity contribution in [1.29, 1.82) is 0 Å². The minimum Gasteiger partial charge on any atom is -0.452 e. The average molecular weight is 488 g/mol. The van der Waals surface area contributed by atoms with Gasteiger partial charge in [0.15, 0.2) is 11.7 Å². The van der Waals surface area contributed by atoms with Crippen molar-refractivity contribution >= 4 is 54.7 Å². The first kappa shape index (κ1) is 23.1. The monoisotopic (exact) mass is 487 g/mol. The van der Waals surface area contributed by atoms with Crippen molar-refractivity contribution in [2.24, 2.45) is 0 Å². The standard InChI is InChI=1S/C22H21N3O6S2/c26-20(24-22-23-18-3-1-2-4-19(18)32-22)15-31-21(27)10-7-16-5-8-17(9-6-16)33(28,29)25-11-13-30-14-12-25/h1-10H,11-15H2,(H,23,24,26). The number of ether oxygens (including phenoxy) is 2. The van der Waals surface area contributed by atoms with Gasteiger partial charge < -0.3 is 9.47 Å². The number of sulfonamides is 1. The highest BCUT2D eigenvalue weighted by Crippen LogP contribution is 2.25. The second-order valence-corrected chi connectivity index (χ2v) is 10.0. The number of fused-ring (bicyclic) bond motifs is 1. The zero-order valence-corrected chi connectivity index (χ0v) is 19.1. The van der Waals surface area contributed by atoms with Crippen LogP contribution in [-0.4, -0.2) is 62.5 Å². The second kappa shape index (κ2) is 10.2. The molecule has 1 aliphatic heterocycles. The molecule has 1 saturated heterocycles. The third-order valence-electron chi connectivity index (χ3n) is 4.79. The summed E-state index contributed by atoms with van der Waals surface area (Å²) in [6.07, 6.45) is 2.66. The number of anilines is 1. The van der Waals surface area contributed by atoms with Crippen LogP contribution < -0.4 is 5.32 Å². The largest absolute Gasteiger partial charge is 0.452 e. The summed E-state index contributed by atoms with van der Waals surface area (Å²) in [5.41, 5.74) is 1.40. The highest BCUT2D eigenvalue weighted by Gasteiger charge is 2.25. The molecule has 3 aromatic rings. The molecule has 0 bridgehead atoms. The molecule has 2 heterocycles. The van der Waals surface area contributed by atoms with E-state index in [-0.39, 0.29) is 4.90 Å². The van der Waals surface area contributed by atoms with Crippen molar-refractivity contribution in [3.05, 3.63) is 60.2 Å². The molecule has 11 heteroatoms. The van der Waals surface area contributed by atoms with Crippen LogP contribution in [0.25, 0.3) is 16.3 Å². The molecule has 0 atom stereocenters. The Morgan fingerprint density at radius 3 is 2.58 bits per heavy atom. The maximum absolute atomic E-state index is 12.6. The number of amides is 1. The predicted octanol–water partition coefficient (Wildman–Crippen LogP) is 2.51. The SMILES string of the molecule is O=C(COC(=O)C=Cc1ccc(S(=O)(=O)N2CCOCC2)cc1)Nc1nc2ccccc2s1. The van der Waals surface area contributed by atoms with E-state index in [0.29, 0.717) is 37.0 Å². The maximum atomic E-state index is 12.6. The van der Waals surface area contributed by atoms with E-state index in [1.807, 2.05) is 24.3 Å². The average Bonchev–Trinajstić information content (AvgIpc) is 3.24. The molecule has 1 fully saturated rings. The number of rotatable bonds is 7. The van der Waals surface area contributed by atoms with Crippen molar-refractivity contribution in [2.45, 2.75) is 4.90 Å². The van der Waals surface area contributed by atoms with Gasteiger partial charge in [-0.15, -0.1) is 0 Å². The molecule has 2 aromatic carbocycles. The third kappa shape index (κ3) is 5.82. The summed E-state index contributed by atoms with van der Waals surface area (Å²) >= 11 is 1.33. The lowest BCUT2D eigenvalue weighted by molar-refractivity contribution is -0.142. The van der Waals surface area contributed by atoms with Crippen LogP contribution in [0.1, 0.15) is 5.56 Å². The number of nitrogens with one attached hydrogen (secondary N) is 1. The normalized spacial score (nSPS) is 15.0. The fourth-order valence-corrected chi connectivity index (χ4v) is 5.41. The van der Waals surface area contributed by atoms with Gasteiger partial charge in [-0.1, -0.05) is 35.6 Å². The van der Waals surface area contributed by atoms with E-state index >= 15 is 0 Å². The highest BCUT2D eigenvalue weighted by molar-refractivity contribution is 7.89. The maximum Gasteiger partial charge on any atom is 0.331 e. The van der Waals surface area contributed by atoms with E-state index in [1.54, 1.807) is 12.1 Å². The summed E-state index contributed by atoms with van der Waals surface area (Å²) in [4.78, 5) is 28.4. The molecule has 1 N–H and O–H groups in total. The number of thiazole rings is 1. The number of morpholine rings is 1. The number of aromatic nitrogens is 1. The Kier molecular flexibility index (Phi) is 7.14. The second-order valence-electron chi connectivity index (χ2n) is 7.06. The number of para-hydroxylation sites is 1. The zero-order valence-electron chi connectivity index (χ0n) is 17.5. The summed E-state index contributed by atoms with van der Waals surface area (Å²) in [5, 5.41) is 3.04. The molecule has 0 radical (unpaired) electrons. The van der Waals surface area contributed by atoms with Crippen LogP contribution in [0.5, 0.6) is 0 Å². The molecule has 33 heavy (non-hydrogen) atoms. The number of nitrogens with zero attached hydrogens (tertiary/aromatic N) is 2. The molecular weight excluding hydrogens is 466 g/mol. The van der Waals surface area contributed by atoms with Crippen LogP contribution in [0.3, 0.4) is 0 Å². The van der Waals surface area contributed by atoms with Crippen LogP contribution in [0.15, 0.2) is 59.5 Å². The molecule has 0 aliphatic carbocycles. The first-order chi connectivity index (χ1) is 15.9. The van der Waals surface area contributed by atoms with Crippen molar-refractivity contribution in [3.63, 3.8) is 0 Å². The van der Waals surface area contributed by atoms with Crippen LogP contribution in [-0.2, 0) is 29.1 Å². The van der Waals surface area contributed by atoms with Gasteiger partial charge in [-0.2, -0.15) is 4.31 Å². The Hall–Kier alpha value is -3.12. The van der Waals surface area contributed by atoms with Crippen molar-refractivity contribution in [2.75, 3.05) is 38.2 Å². The molecule has 1 aromatic heterocycles. The van der Waals surface area contributed by atoms with Gasteiger partial charge in [-0.25, -0.2) is 18.2 Å². The first-order valence-electron chi connectivity index (χ1n) is 10.1. The first-order valence-corrected chi connectivity index (χ1v) is 12.4. The van der Waals surface area contributed by atoms with Crippen molar-refractivity contribution in [1.82, 2.24) is 9.29 Å². The fraction of sp³-hybridized carbons (Fsp3) is 0.227. The molecule has 1 aliphatic rings. The minimum absolute atomic E-state index is 0.177. The van der Waals surface area contributed by atoms with E-state index < -0.39 is 28.5 Å². The molecule has 9 nitrogen and oxygen atoms in total. The van der Waals surface area contributed by atoms with Gasteiger partial charge >= 0.3 is 5.97 Å². The van der Waals surface area contributed by atoms with Gasteiger partial charge in [-0.05, 0) is 35.9 Å². The molecule has 172 valence electrons. The quantitative estimate of drug-likeness (QED) is 0.402. The third-order valence-corrected chi connectivity index (χ3v) is 7.65. The van der Waals surface area contributed by atoms with E-state index in [1.165, 1.54) is 39.9 Å². The van der Waals surface area contributed by atoms with E-state index in [9.17, 15) is 18.0 Å². The van der Waals surface area contributed by atoms with Crippen LogP contribution in [0, 0.1) is 0 Å².